The van der Waals surface area contributed by atoms with E-state index in [4.69, 9.17) is 9.16 Å². The van der Waals surface area contributed by atoms with Gasteiger partial charge in [0.1, 0.15) is 0 Å². The summed E-state index contributed by atoms with van der Waals surface area (Å²) in [5, 5.41) is 0. The van der Waals surface area contributed by atoms with E-state index >= 15 is 0 Å². The predicted octanol–water partition coefficient (Wildman–Crippen LogP) is 3.90. The van der Waals surface area contributed by atoms with Crippen molar-refractivity contribution in [2.24, 2.45) is 0 Å². The van der Waals surface area contributed by atoms with Crippen LogP contribution in [-0.4, -0.2) is 38.9 Å². The molecule has 5 heteroatoms. The summed E-state index contributed by atoms with van der Waals surface area (Å²) in [7, 11) is -1.85. The zero-order valence-corrected chi connectivity index (χ0v) is 15.1. The Kier molecular flexibility index (Phi) is 7.86. The molecule has 1 saturated heterocycles. The number of carbonyl (C=O) groups is 1. The number of hydrogen-bond acceptors (Lipinski definition) is 4. The van der Waals surface area contributed by atoms with Crippen molar-refractivity contribution in [3.63, 3.8) is 0 Å². The van der Waals surface area contributed by atoms with Gasteiger partial charge in [-0.15, -0.1) is 0 Å². The summed E-state index contributed by atoms with van der Waals surface area (Å²) in [5.74, 6) is 0.117. The highest BCUT2D eigenvalue weighted by Gasteiger charge is 2.33. The van der Waals surface area contributed by atoms with Crippen LogP contribution in [0.5, 0.6) is 0 Å². The van der Waals surface area contributed by atoms with Crippen LogP contribution in [0.3, 0.4) is 0 Å². The maximum absolute atomic E-state index is 12.2. The van der Waals surface area contributed by atoms with Crippen LogP contribution in [0.2, 0.25) is 18.1 Å². The lowest BCUT2D eigenvalue weighted by atomic mass is 10.1. The number of likely N-dealkylation sites (tertiary alicyclic amines) is 1. The van der Waals surface area contributed by atoms with Gasteiger partial charge in [0, 0.05) is 19.3 Å². The smallest absolute Gasteiger partial charge is 0.373 e. The Hall–Kier alpha value is -0.973. The molecule has 0 unspecified atom stereocenters. The number of ether oxygens (including phenoxy) is 1. The van der Waals surface area contributed by atoms with Crippen LogP contribution in [0.1, 0.15) is 47.0 Å². The molecule has 1 heterocycles. The van der Waals surface area contributed by atoms with Crippen molar-refractivity contribution in [2.75, 3.05) is 19.7 Å². The average molecular weight is 314 g/mol. The molecule has 0 bridgehead atoms. The van der Waals surface area contributed by atoms with Gasteiger partial charge in [0.05, 0.1) is 6.61 Å². The molecule has 122 valence electrons. The van der Waals surface area contributed by atoms with E-state index in [9.17, 15) is 4.79 Å². The van der Waals surface area contributed by atoms with Gasteiger partial charge in [-0.2, -0.15) is 0 Å². The maximum atomic E-state index is 12.2. The Morgan fingerprint density at radius 2 is 1.62 bits per heavy atom. The third kappa shape index (κ3) is 5.38. The Morgan fingerprint density at radius 1 is 1.05 bits per heavy atom. The summed E-state index contributed by atoms with van der Waals surface area (Å²) < 4.78 is 11.5. The van der Waals surface area contributed by atoms with E-state index < -0.39 is 8.32 Å². The molecule has 0 saturated carbocycles. The molecule has 0 atom stereocenters. The quantitative estimate of drug-likeness (QED) is 0.295. The van der Waals surface area contributed by atoms with Crippen LogP contribution in [0, 0.1) is 0 Å². The van der Waals surface area contributed by atoms with Crippen LogP contribution in [0.15, 0.2) is 12.0 Å². The summed E-state index contributed by atoms with van der Waals surface area (Å²) in [6, 6.07) is 3.07. The second kappa shape index (κ2) is 9.13. The maximum Gasteiger partial charge on any atom is 0.373 e. The second-order valence-corrected chi connectivity index (χ2v) is 10.3. The third-order valence-electron chi connectivity index (χ3n) is 4.43. The topological polar surface area (TPSA) is 38.8 Å². The average Bonchev–Trinajstić information content (AvgIpc) is 2.53. The molecule has 1 fully saturated rings. The highest BCUT2D eigenvalue weighted by Crippen LogP contribution is 2.26. The molecule has 0 aromatic carbocycles. The first-order valence-corrected chi connectivity index (χ1v) is 11.0. The lowest BCUT2D eigenvalue weighted by Gasteiger charge is -2.31. The minimum Gasteiger partial charge on any atom is -0.538 e. The van der Waals surface area contributed by atoms with Gasteiger partial charge in [-0.3, -0.25) is 0 Å². The fourth-order valence-electron chi connectivity index (χ4n) is 2.74. The van der Waals surface area contributed by atoms with Crippen LogP contribution in [0.25, 0.3) is 0 Å². The van der Waals surface area contributed by atoms with Crippen LogP contribution in [0.4, 0.5) is 0 Å². The van der Waals surface area contributed by atoms with Gasteiger partial charge in [-0.1, -0.05) is 20.8 Å². The van der Waals surface area contributed by atoms with E-state index in [1.54, 1.807) is 0 Å². The van der Waals surface area contributed by atoms with Crippen molar-refractivity contribution >= 4 is 14.3 Å². The standard InChI is InChI=1S/C16H31NO3Si/c1-5-19-16(18)15(14-17-12-10-9-11-13-17)20-21(6-2,7-3)8-4/h14H,5-13H2,1-4H3/b15-14-. The summed E-state index contributed by atoms with van der Waals surface area (Å²) >= 11 is 0. The molecular weight excluding hydrogens is 282 g/mol. The lowest BCUT2D eigenvalue weighted by molar-refractivity contribution is -0.141. The van der Waals surface area contributed by atoms with Crippen molar-refractivity contribution in [1.82, 2.24) is 4.90 Å². The monoisotopic (exact) mass is 313 g/mol. The third-order valence-corrected chi connectivity index (χ3v) is 8.95. The van der Waals surface area contributed by atoms with Crippen molar-refractivity contribution in [1.29, 1.82) is 0 Å². The fraction of sp³-hybridized carbons (Fsp3) is 0.812. The largest absolute Gasteiger partial charge is 0.538 e. The minimum absolute atomic E-state index is 0.310. The van der Waals surface area contributed by atoms with Crippen molar-refractivity contribution in [3.05, 3.63) is 12.0 Å². The van der Waals surface area contributed by atoms with Gasteiger partial charge >= 0.3 is 5.97 Å². The van der Waals surface area contributed by atoms with Gasteiger partial charge in [0.2, 0.25) is 5.76 Å². The molecular formula is C16H31NO3Si. The second-order valence-electron chi connectivity index (χ2n) is 5.66. The van der Waals surface area contributed by atoms with Gasteiger partial charge in [0.15, 0.2) is 0 Å². The van der Waals surface area contributed by atoms with E-state index in [1.807, 2.05) is 13.1 Å². The molecule has 1 aliphatic heterocycles. The van der Waals surface area contributed by atoms with Crippen molar-refractivity contribution in [2.45, 2.75) is 65.1 Å². The molecule has 1 rings (SSSR count). The SMILES string of the molecule is CCOC(=O)/C(=C/N1CCCCC1)O[Si](CC)(CC)CC. The van der Waals surface area contributed by atoms with E-state index in [1.165, 1.54) is 19.3 Å². The molecule has 0 amide bonds. The Bertz CT molecular complexity index is 339. The van der Waals surface area contributed by atoms with E-state index in [0.717, 1.165) is 31.2 Å². The lowest BCUT2D eigenvalue weighted by Crippen LogP contribution is -2.38. The molecule has 4 nitrogen and oxygen atoms in total. The van der Waals surface area contributed by atoms with Gasteiger partial charge in [-0.05, 0) is 44.3 Å². The molecule has 0 radical (unpaired) electrons. The molecule has 1 aliphatic rings. The van der Waals surface area contributed by atoms with Gasteiger partial charge < -0.3 is 14.1 Å². The molecule has 0 spiro atoms. The molecule has 0 N–H and O–H groups in total. The highest BCUT2D eigenvalue weighted by molar-refractivity contribution is 6.74. The van der Waals surface area contributed by atoms with E-state index in [-0.39, 0.29) is 5.97 Å². The predicted molar refractivity (Wildman–Crippen MR) is 88.4 cm³/mol. The zero-order valence-electron chi connectivity index (χ0n) is 14.1. The van der Waals surface area contributed by atoms with E-state index in [0.29, 0.717) is 12.4 Å². The van der Waals surface area contributed by atoms with Crippen molar-refractivity contribution < 1.29 is 14.0 Å². The summed E-state index contributed by atoms with van der Waals surface area (Å²) in [4.78, 5) is 14.4. The minimum atomic E-state index is -1.85. The number of piperidine rings is 1. The number of carbonyl (C=O) groups excluding carboxylic acids is 1. The van der Waals surface area contributed by atoms with E-state index in [2.05, 4.69) is 25.7 Å². The number of esters is 1. The van der Waals surface area contributed by atoms with Gasteiger partial charge in [0.25, 0.3) is 8.32 Å². The molecule has 21 heavy (non-hydrogen) atoms. The first kappa shape index (κ1) is 18.1. The first-order valence-electron chi connectivity index (χ1n) is 8.42. The molecule has 0 aromatic rings. The first-order chi connectivity index (χ1) is 10.1. The molecule has 0 aromatic heterocycles. The Morgan fingerprint density at radius 3 is 2.10 bits per heavy atom. The zero-order chi connectivity index (χ0) is 15.7. The molecule has 0 aliphatic carbocycles. The summed E-state index contributed by atoms with van der Waals surface area (Å²) in [6.07, 6.45) is 5.55. The fourth-order valence-corrected chi connectivity index (χ4v) is 5.27. The summed E-state index contributed by atoms with van der Waals surface area (Å²) in [5.41, 5.74) is 0. The summed E-state index contributed by atoms with van der Waals surface area (Å²) in [6.45, 7) is 10.7. The number of rotatable bonds is 8. The van der Waals surface area contributed by atoms with Crippen LogP contribution >= 0.6 is 0 Å². The Labute approximate surface area is 130 Å². The van der Waals surface area contributed by atoms with Gasteiger partial charge in [-0.25, -0.2) is 4.79 Å². The number of hydrogen-bond donors (Lipinski definition) is 0. The van der Waals surface area contributed by atoms with Crippen LogP contribution < -0.4 is 0 Å². The van der Waals surface area contributed by atoms with Crippen LogP contribution in [-0.2, 0) is 14.0 Å². The Balaban J connectivity index is 2.90. The van der Waals surface area contributed by atoms with Crippen molar-refractivity contribution in [3.8, 4) is 0 Å². The highest BCUT2D eigenvalue weighted by atomic mass is 28.4. The number of nitrogens with zero attached hydrogens (tertiary/aromatic N) is 1. The normalized spacial score (nSPS) is 16.8.